The lowest BCUT2D eigenvalue weighted by molar-refractivity contribution is 0.0697. The van der Waals surface area contributed by atoms with E-state index in [1.807, 2.05) is 13.8 Å². The van der Waals surface area contributed by atoms with E-state index < -0.39 is 11.8 Å². The zero-order valence-corrected chi connectivity index (χ0v) is 11.3. The van der Waals surface area contributed by atoms with Crippen molar-refractivity contribution in [3.8, 4) is 11.1 Å². The minimum Gasteiger partial charge on any atom is -0.478 e. The standard InChI is InChI=1S/C15H12ClFO2/c1-8-5-11(13(16)6-9(8)2)12-7-10(15(18)19)3-4-14(12)17/h3-7H,1-2H3,(H,18,19). The van der Waals surface area contributed by atoms with E-state index in [1.165, 1.54) is 12.1 Å². The second-order valence-electron chi connectivity index (χ2n) is 4.42. The topological polar surface area (TPSA) is 37.3 Å². The summed E-state index contributed by atoms with van der Waals surface area (Å²) in [6.07, 6.45) is 0. The number of carboxylic acids is 1. The molecule has 2 rings (SSSR count). The molecule has 0 atom stereocenters. The summed E-state index contributed by atoms with van der Waals surface area (Å²) in [6, 6.07) is 7.19. The van der Waals surface area contributed by atoms with Gasteiger partial charge in [0.25, 0.3) is 0 Å². The van der Waals surface area contributed by atoms with Gasteiger partial charge in [-0.2, -0.15) is 0 Å². The van der Waals surface area contributed by atoms with Gasteiger partial charge in [-0.05, 0) is 55.3 Å². The summed E-state index contributed by atoms with van der Waals surface area (Å²) in [6.45, 7) is 3.81. The molecule has 98 valence electrons. The third-order valence-electron chi connectivity index (χ3n) is 3.09. The van der Waals surface area contributed by atoms with E-state index in [0.29, 0.717) is 10.6 Å². The highest BCUT2D eigenvalue weighted by molar-refractivity contribution is 6.33. The van der Waals surface area contributed by atoms with Crippen LogP contribution in [0, 0.1) is 19.7 Å². The second-order valence-corrected chi connectivity index (χ2v) is 4.82. The predicted octanol–water partition coefficient (Wildman–Crippen LogP) is 4.46. The van der Waals surface area contributed by atoms with Gasteiger partial charge in [0.2, 0.25) is 0 Å². The van der Waals surface area contributed by atoms with Gasteiger partial charge in [0.1, 0.15) is 5.82 Å². The third kappa shape index (κ3) is 2.61. The van der Waals surface area contributed by atoms with Crippen LogP contribution in [0.15, 0.2) is 30.3 Å². The van der Waals surface area contributed by atoms with Gasteiger partial charge < -0.3 is 5.11 Å². The maximum Gasteiger partial charge on any atom is 0.335 e. The summed E-state index contributed by atoms with van der Waals surface area (Å²) in [4.78, 5) is 10.9. The molecule has 0 bridgehead atoms. The molecule has 2 nitrogen and oxygen atoms in total. The van der Waals surface area contributed by atoms with Gasteiger partial charge in [-0.3, -0.25) is 0 Å². The molecule has 0 aliphatic carbocycles. The number of aromatic carboxylic acids is 1. The molecular formula is C15H12ClFO2. The molecule has 0 unspecified atom stereocenters. The molecule has 4 heteroatoms. The van der Waals surface area contributed by atoms with Crippen molar-refractivity contribution in [2.75, 3.05) is 0 Å². The Morgan fingerprint density at radius 1 is 1.11 bits per heavy atom. The van der Waals surface area contributed by atoms with Gasteiger partial charge in [0.15, 0.2) is 0 Å². The predicted molar refractivity (Wildman–Crippen MR) is 73.3 cm³/mol. The number of benzene rings is 2. The van der Waals surface area contributed by atoms with Gasteiger partial charge in [-0.25, -0.2) is 9.18 Å². The minimum absolute atomic E-state index is 0.0331. The highest BCUT2D eigenvalue weighted by Crippen LogP contribution is 2.32. The highest BCUT2D eigenvalue weighted by atomic mass is 35.5. The largest absolute Gasteiger partial charge is 0.478 e. The molecule has 0 saturated heterocycles. The first kappa shape index (κ1) is 13.6. The molecule has 1 N–H and O–H groups in total. The van der Waals surface area contributed by atoms with Gasteiger partial charge in [0.05, 0.1) is 5.56 Å². The van der Waals surface area contributed by atoms with Crippen LogP contribution in [0.2, 0.25) is 5.02 Å². The van der Waals surface area contributed by atoms with Crippen molar-refractivity contribution >= 4 is 17.6 Å². The Hall–Kier alpha value is -1.87. The van der Waals surface area contributed by atoms with Crippen molar-refractivity contribution < 1.29 is 14.3 Å². The second kappa shape index (κ2) is 5.02. The van der Waals surface area contributed by atoms with E-state index in [4.69, 9.17) is 16.7 Å². The number of aryl methyl sites for hydroxylation is 2. The average molecular weight is 279 g/mol. The molecule has 0 amide bonds. The molecule has 0 spiro atoms. The number of halogens is 2. The number of carbonyl (C=O) groups is 1. The van der Waals surface area contributed by atoms with Crippen LogP contribution < -0.4 is 0 Å². The lowest BCUT2D eigenvalue weighted by atomic mass is 9.98. The van der Waals surface area contributed by atoms with Crippen LogP contribution >= 0.6 is 11.6 Å². The zero-order valence-electron chi connectivity index (χ0n) is 10.5. The van der Waals surface area contributed by atoms with Crippen molar-refractivity contribution in [2.24, 2.45) is 0 Å². The fourth-order valence-electron chi connectivity index (χ4n) is 1.85. The Morgan fingerprint density at radius 2 is 1.74 bits per heavy atom. The van der Waals surface area contributed by atoms with Crippen molar-refractivity contribution in [3.05, 3.63) is 57.9 Å². The van der Waals surface area contributed by atoms with Crippen LogP contribution in [0.4, 0.5) is 4.39 Å². The molecule has 2 aromatic carbocycles. The Kier molecular flexibility index (Phi) is 3.58. The lowest BCUT2D eigenvalue weighted by Gasteiger charge is -2.10. The van der Waals surface area contributed by atoms with Gasteiger partial charge in [0, 0.05) is 16.1 Å². The Morgan fingerprint density at radius 3 is 2.37 bits per heavy atom. The van der Waals surface area contributed by atoms with Crippen LogP contribution in [0.1, 0.15) is 21.5 Å². The SMILES string of the molecule is Cc1cc(Cl)c(-c2cc(C(=O)O)ccc2F)cc1C. The maximum absolute atomic E-state index is 13.9. The fraction of sp³-hybridized carbons (Fsp3) is 0.133. The molecule has 0 fully saturated rings. The summed E-state index contributed by atoms with van der Waals surface area (Å²) < 4.78 is 13.9. The maximum atomic E-state index is 13.9. The monoisotopic (exact) mass is 278 g/mol. The molecular weight excluding hydrogens is 267 g/mol. The van der Waals surface area contributed by atoms with E-state index in [1.54, 1.807) is 12.1 Å². The van der Waals surface area contributed by atoms with E-state index >= 15 is 0 Å². The normalized spacial score (nSPS) is 10.5. The quantitative estimate of drug-likeness (QED) is 0.880. The van der Waals surface area contributed by atoms with Gasteiger partial charge in [-0.15, -0.1) is 0 Å². The number of hydrogen-bond acceptors (Lipinski definition) is 1. The number of hydrogen-bond donors (Lipinski definition) is 1. The van der Waals surface area contributed by atoms with Crippen LogP contribution in [0.5, 0.6) is 0 Å². The minimum atomic E-state index is -1.10. The Labute approximate surface area is 115 Å². The molecule has 0 radical (unpaired) electrons. The van der Waals surface area contributed by atoms with Crippen molar-refractivity contribution in [1.29, 1.82) is 0 Å². The van der Waals surface area contributed by atoms with E-state index in [9.17, 15) is 9.18 Å². The lowest BCUT2D eigenvalue weighted by Crippen LogP contribution is -1.98. The highest BCUT2D eigenvalue weighted by Gasteiger charge is 2.13. The molecule has 0 aliphatic rings. The van der Waals surface area contributed by atoms with Crippen LogP contribution in [-0.4, -0.2) is 11.1 Å². The first-order valence-corrected chi connectivity index (χ1v) is 6.08. The fourth-order valence-corrected chi connectivity index (χ4v) is 2.17. The van der Waals surface area contributed by atoms with Crippen LogP contribution in [0.3, 0.4) is 0 Å². The van der Waals surface area contributed by atoms with Gasteiger partial charge >= 0.3 is 5.97 Å². The first-order chi connectivity index (χ1) is 8.90. The first-order valence-electron chi connectivity index (χ1n) is 5.70. The summed E-state index contributed by atoms with van der Waals surface area (Å²) in [7, 11) is 0. The number of rotatable bonds is 2. The van der Waals surface area contributed by atoms with E-state index in [-0.39, 0.29) is 11.1 Å². The van der Waals surface area contributed by atoms with Crippen LogP contribution in [-0.2, 0) is 0 Å². The average Bonchev–Trinajstić information content (AvgIpc) is 2.34. The molecule has 19 heavy (non-hydrogen) atoms. The Bertz CT molecular complexity index is 665. The third-order valence-corrected chi connectivity index (χ3v) is 3.40. The molecule has 0 saturated carbocycles. The zero-order chi connectivity index (χ0) is 14.2. The summed E-state index contributed by atoms with van der Waals surface area (Å²) >= 11 is 6.13. The summed E-state index contributed by atoms with van der Waals surface area (Å²) in [5, 5.41) is 9.37. The van der Waals surface area contributed by atoms with Crippen molar-refractivity contribution in [2.45, 2.75) is 13.8 Å². The molecule has 0 aromatic heterocycles. The summed E-state index contributed by atoms with van der Waals surface area (Å²) in [5.74, 6) is -1.59. The summed E-state index contributed by atoms with van der Waals surface area (Å²) in [5.41, 5.74) is 2.71. The molecule has 0 aliphatic heterocycles. The Balaban J connectivity index is 2.67. The van der Waals surface area contributed by atoms with Crippen molar-refractivity contribution in [1.82, 2.24) is 0 Å². The van der Waals surface area contributed by atoms with Crippen LogP contribution in [0.25, 0.3) is 11.1 Å². The molecule has 2 aromatic rings. The smallest absolute Gasteiger partial charge is 0.335 e. The van der Waals surface area contributed by atoms with E-state index in [0.717, 1.165) is 17.2 Å². The number of carboxylic acid groups (broad SMARTS) is 1. The van der Waals surface area contributed by atoms with Gasteiger partial charge in [-0.1, -0.05) is 11.6 Å². The molecule has 0 heterocycles. The van der Waals surface area contributed by atoms with E-state index in [2.05, 4.69) is 0 Å². The van der Waals surface area contributed by atoms with Crippen molar-refractivity contribution in [3.63, 3.8) is 0 Å².